The predicted molar refractivity (Wildman–Crippen MR) is 90.2 cm³/mol. The van der Waals surface area contributed by atoms with E-state index in [1.54, 1.807) is 0 Å². The molecule has 0 aliphatic heterocycles. The number of aryl methyl sites for hydroxylation is 2. The lowest BCUT2D eigenvalue weighted by Gasteiger charge is -1.97. The van der Waals surface area contributed by atoms with Crippen LogP contribution in [0.3, 0.4) is 0 Å². The van der Waals surface area contributed by atoms with Gasteiger partial charge in [-0.15, -0.1) is 37.7 Å². The van der Waals surface area contributed by atoms with Crippen LogP contribution in [0.5, 0.6) is 0 Å². The zero-order valence-corrected chi connectivity index (χ0v) is 15.0. The SMILES string of the molecule is Cc1nc(Nc2nc(C)c(CCO[N+](=O)[O-])s2)sc1CCOON=O. The van der Waals surface area contributed by atoms with Crippen molar-refractivity contribution in [1.82, 2.24) is 9.97 Å². The highest BCUT2D eigenvalue weighted by Gasteiger charge is 2.12. The molecule has 136 valence electrons. The minimum Gasteiger partial charge on any atom is -0.314 e. The number of anilines is 2. The normalized spacial score (nSPS) is 10.5. The van der Waals surface area contributed by atoms with Gasteiger partial charge >= 0.3 is 0 Å². The van der Waals surface area contributed by atoms with Crippen LogP contribution in [0.15, 0.2) is 5.34 Å². The van der Waals surface area contributed by atoms with Crippen molar-refractivity contribution in [2.75, 3.05) is 18.5 Å². The molecule has 0 saturated heterocycles. The molecule has 25 heavy (non-hydrogen) atoms. The Kier molecular flexibility index (Phi) is 6.97. The summed E-state index contributed by atoms with van der Waals surface area (Å²) in [5, 5.41) is 16.0. The lowest BCUT2D eigenvalue weighted by molar-refractivity contribution is -0.757. The highest BCUT2D eigenvalue weighted by atomic mass is 32.1. The molecule has 11 nitrogen and oxygen atoms in total. The van der Waals surface area contributed by atoms with E-state index in [0.29, 0.717) is 23.1 Å². The summed E-state index contributed by atoms with van der Waals surface area (Å²) in [5.74, 6) is 0. The second-order valence-corrected chi connectivity index (χ2v) is 6.88. The molecule has 0 unspecified atom stereocenters. The van der Waals surface area contributed by atoms with Gasteiger partial charge in [0.15, 0.2) is 15.6 Å². The molecule has 0 fully saturated rings. The van der Waals surface area contributed by atoms with E-state index in [1.165, 1.54) is 22.7 Å². The van der Waals surface area contributed by atoms with Crippen LogP contribution >= 0.6 is 22.7 Å². The Balaban J connectivity index is 1.93. The number of thiazole rings is 2. The Morgan fingerprint density at radius 1 is 1.12 bits per heavy atom. The van der Waals surface area contributed by atoms with Crippen molar-refractivity contribution in [2.45, 2.75) is 26.7 Å². The van der Waals surface area contributed by atoms with E-state index in [-0.39, 0.29) is 13.2 Å². The van der Waals surface area contributed by atoms with Gasteiger partial charge < -0.3 is 10.2 Å². The molecule has 0 spiro atoms. The molecule has 13 heteroatoms. The van der Waals surface area contributed by atoms with Crippen LogP contribution in [0.2, 0.25) is 0 Å². The zero-order chi connectivity index (χ0) is 18.2. The van der Waals surface area contributed by atoms with E-state index in [0.717, 1.165) is 21.1 Å². The van der Waals surface area contributed by atoms with E-state index in [2.05, 4.69) is 35.3 Å². The monoisotopic (exact) mass is 389 g/mol. The molecule has 0 aromatic carbocycles. The molecule has 0 saturated carbocycles. The van der Waals surface area contributed by atoms with E-state index in [9.17, 15) is 15.0 Å². The van der Waals surface area contributed by atoms with E-state index in [1.807, 2.05) is 13.8 Å². The summed E-state index contributed by atoms with van der Waals surface area (Å²) in [6, 6.07) is 0. The second-order valence-electron chi connectivity index (χ2n) is 4.71. The fraction of sp³-hybridized carbons (Fsp3) is 0.500. The molecule has 0 atom stereocenters. The number of nitrogens with zero attached hydrogens (tertiary/aromatic N) is 4. The first-order valence-corrected chi connectivity index (χ1v) is 8.71. The van der Waals surface area contributed by atoms with Gasteiger partial charge in [-0.2, -0.15) is 9.88 Å². The van der Waals surface area contributed by atoms with Crippen LogP contribution in [0.1, 0.15) is 21.1 Å². The third kappa shape index (κ3) is 5.88. The maximum Gasteiger partial charge on any atom is 0.294 e. The maximum absolute atomic E-state index is 10.2. The van der Waals surface area contributed by atoms with E-state index in [4.69, 9.17) is 0 Å². The van der Waals surface area contributed by atoms with Gasteiger partial charge in [-0.3, -0.25) is 0 Å². The molecule has 2 aromatic heterocycles. The molecule has 1 N–H and O–H groups in total. The average molecular weight is 389 g/mol. The lowest BCUT2D eigenvalue weighted by atomic mass is 10.3. The Hall–Kier alpha value is -2.38. The van der Waals surface area contributed by atoms with Crippen molar-refractivity contribution in [3.05, 3.63) is 36.2 Å². The summed E-state index contributed by atoms with van der Waals surface area (Å²) in [6.07, 6.45) is 0.942. The Morgan fingerprint density at radius 3 is 2.20 bits per heavy atom. The maximum atomic E-state index is 10.2. The van der Waals surface area contributed by atoms with Crippen molar-refractivity contribution < 1.29 is 19.8 Å². The topological polar surface area (TPSA) is 138 Å². The summed E-state index contributed by atoms with van der Waals surface area (Å²) < 4.78 is 0. The molecule has 0 amide bonds. The molecular weight excluding hydrogens is 374 g/mol. The van der Waals surface area contributed by atoms with E-state index >= 15 is 0 Å². The van der Waals surface area contributed by atoms with Crippen LogP contribution in [-0.4, -0.2) is 28.3 Å². The van der Waals surface area contributed by atoms with Crippen molar-refractivity contribution in [2.24, 2.45) is 5.34 Å². The minimum absolute atomic E-state index is 0.00625. The fourth-order valence-corrected chi connectivity index (χ4v) is 3.87. The van der Waals surface area contributed by atoms with Crippen molar-refractivity contribution in [3.8, 4) is 0 Å². The number of aromatic nitrogens is 2. The molecule has 0 bridgehead atoms. The smallest absolute Gasteiger partial charge is 0.294 e. The second kappa shape index (κ2) is 9.19. The molecule has 2 heterocycles. The molecule has 2 rings (SSSR count). The minimum atomic E-state index is -0.810. The highest BCUT2D eigenvalue weighted by Crippen LogP contribution is 2.30. The van der Waals surface area contributed by atoms with Gasteiger partial charge in [-0.05, 0) is 13.8 Å². The van der Waals surface area contributed by atoms with Gasteiger partial charge in [-0.25, -0.2) is 9.97 Å². The third-order valence-corrected chi connectivity index (χ3v) is 5.29. The largest absolute Gasteiger partial charge is 0.314 e. The molecule has 0 aliphatic rings. The first-order valence-electron chi connectivity index (χ1n) is 7.07. The number of rotatable bonds is 11. The quantitative estimate of drug-likeness (QED) is 0.202. The predicted octanol–water partition coefficient (Wildman–Crippen LogP) is 2.88. The summed E-state index contributed by atoms with van der Waals surface area (Å²) in [6.45, 7) is 3.88. The Labute approximate surface area is 149 Å². The van der Waals surface area contributed by atoms with Gasteiger partial charge in [0.25, 0.3) is 5.09 Å². The number of hydrogen-bond acceptors (Lipinski definition) is 12. The van der Waals surface area contributed by atoms with Crippen LogP contribution in [0, 0.1) is 28.9 Å². The number of hydrogen-bond donors (Lipinski definition) is 1. The highest BCUT2D eigenvalue weighted by molar-refractivity contribution is 7.17. The average Bonchev–Trinajstić information content (AvgIpc) is 3.06. The summed E-state index contributed by atoms with van der Waals surface area (Å²) in [5.41, 5.74) is 1.63. The first kappa shape index (κ1) is 19.0. The van der Waals surface area contributed by atoms with Gasteiger partial charge in [0, 0.05) is 22.6 Å². The Morgan fingerprint density at radius 2 is 1.68 bits per heavy atom. The Bertz CT molecular complexity index is 734. The van der Waals surface area contributed by atoms with Crippen LogP contribution < -0.4 is 5.32 Å². The standard InChI is InChI=1S/C12H15N5O6S2/c1-7-9(3-5-21-17(19)20)24-11(13-7)15-12-14-8(2)10(25-12)4-6-22-23-16-18/h3-6H2,1-2H3,(H,13,14,15). The number of nitrogens with one attached hydrogen (secondary N) is 1. The lowest BCUT2D eigenvalue weighted by Crippen LogP contribution is -2.04. The van der Waals surface area contributed by atoms with Crippen molar-refractivity contribution in [3.63, 3.8) is 0 Å². The van der Waals surface area contributed by atoms with Gasteiger partial charge in [-0.1, -0.05) is 0 Å². The van der Waals surface area contributed by atoms with Gasteiger partial charge in [0.05, 0.1) is 11.4 Å². The zero-order valence-electron chi connectivity index (χ0n) is 13.4. The van der Waals surface area contributed by atoms with Crippen LogP contribution in [0.4, 0.5) is 10.3 Å². The van der Waals surface area contributed by atoms with Crippen molar-refractivity contribution >= 4 is 32.9 Å². The molecule has 0 aliphatic carbocycles. The summed E-state index contributed by atoms with van der Waals surface area (Å²) in [7, 11) is 0. The molecular formula is C12H15N5O6S2. The van der Waals surface area contributed by atoms with Crippen LogP contribution in [-0.2, 0) is 27.6 Å². The molecule has 0 radical (unpaired) electrons. The van der Waals surface area contributed by atoms with Gasteiger partial charge in [0.1, 0.15) is 13.2 Å². The fourth-order valence-electron chi connectivity index (χ4n) is 1.92. The summed E-state index contributed by atoms with van der Waals surface area (Å²) >= 11 is 2.83. The third-order valence-electron chi connectivity index (χ3n) is 3.02. The van der Waals surface area contributed by atoms with Crippen molar-refractivity contribution in [1.29, 1.82) is 0 Å². The summed E-state index contributed by atoms with van der Waals surface area (Å²) in [4.78, 5) is 43.4. The van der Waals surface area contributed by atoms with E-state index < -0.39 is 5.09 Å². The molecule has 2 aromatic rings. The first-order chi connectivity index (χ1) is 12.0. The van der Waals surface area contributed by atoms with Crippen LogP contribution in [0.25, 0.3) is 0 Å². The van der Waals surface area contributed by atoms with Gasteiger partial charge in [0.2, 0.25) is 0 Å².